The number of phenols is 1. The van der Waals surface area contributed by atoms with Crippen molar-refractivity contribution in [2.75, 3.05) is 6.54 Å². The van der Waals surface area contributed by atoms with Gasteiger partial charge in [-0.25, -0.2) is 0 Å². The number of halogens is 2. The third-order valence-electron chi connectivity index (χ3n) is 2.93. The fourth-order valence-electron chi connectivity index (χ4n) is 1.79. The topological polar surface area (TPSA) is 69.6 Å². The van der Waals surface area contributed by atoms with E-state index in [-0.39, 0.29) is 17.3 Å². The molecule has 1 unspecified atom stereocenters. The SMILES string of the molecule is O=C(NCC(O)c1ccccc1Cl)c1ccc(O)c(Cl)c1. The maximum Gasteiger partial charge on any atom is 0.251 e. The first-order chi connectivity index (χ1) is 9.99. The number of rotatable bonds is 4. The highest BCUT2D eigenvalue weighted by Crippen LogP contribution is 2.24. The molecule has 0 fully saturated rings. The minimum atomic E-state index is -0.907. The summed E-state index contributed by atoms with van der Waals surface area (Å²) in [6, 6.07) is 11.0. The molecule has 0 bridgehead atoms. The first-order valence-electron chi connectivity index (χ1n) is 6.18. The number of benzene rings is 2. The lowest BCUT2D eigenvalue weighted by Gasteiger charge is -2.13. The van der Waals surface area contributed by atoms with Gasteiger partial charge in [-0.2, -0.15) is 0 Å². The molecule has 0 aliphatic carbocycles. The number of amides is 1. The van der Waals surface area contributed by atoms with Crippen molar-refractivity contribution in [3.8, 4) is 5.75 Å². The van der Waals surface area contributed by atoms with Gasteiger partial charge in [-0.05, 0) is 24.3 Å². The molecule has 0 aromatic heterocycles. The Bertz CT molecular complexity index is 661. The Labute approximate surface area is 131 Å². The third kappa shape index (κ3) is 3.88. The fourth-order valence-corrected chi connectivity index (χ4v) is 2.24. The van der Waals surface area contributed by atoms with Crippen LogP contribution >= 0.6 is 23.2 Å². The Morgan fingerprint density at radius 3 is 2.52 bits per heavy atom. The second-order valence-corrected chi connectivity index (χ2v) is 5.23. The molecule has 0 saturated carbocycles. The average Bonchev–Trinajstić information content (AvgIpc) is 2.47. The maximum atomic E-state index is 11.9. The van der Waals surface area contributed by atoms with Crippen molar-refractivity contribution in [1.82, 2.24) is 5.32 Å². The first-order valence-corrected chi connectivity index (χ1v) is 6.94. The van der Waals surface area contributed by atoms with E-state index in [4.69, 9.17) is 23.2 Å². The van der Waals surface area contributed by atoms with Gasteiger partial charge in [-0.15, -0.1) is 0 Å². The molecule has 21 heavy (non-hydrogen) atoms. The van der Waals surface area contributed by atoms with E-state index in [1.54, 1.807) is 24.3 Å². The van der Waals surface area contributed by atoms with Gasteiger partial charge in [0.15, 0.2) is 0 Å². The summed E-state index contributed by atoms with van der Waals surface area (Å²) in [5.41, 5.74) is 0.840. The molecule has 2 rings (SSSR count). The van der Waals surface area contributed by atoms with Crippen LogP contribution in [0.4, 0.5) is 0 Å². The van der Waals surface area contributed by atoms with E-state index in [1.165, 1.54) is 18.2 Å². The smallest absolute Gasteiger partial charge is 0.251 e. The van der Waals surface area contributed by atoms with Crippen molar-refractivity contribution >= 4 is 29.1 Å². The van der Waals surface area contributed by atoms with Gasteiger partial charge in [-0.3, -0.25) is 4.79 Å². The molecular formula is C15H13Cl2NO3. The van der Waals surface area contributed by atoms with Crippen LogP contribution in [0.3, 0.4) is 0 Å². The fraction of sp³-hybridized carbons (Fsp3) is 0.133. The van der Waals surface area contributed by atoms with Crippen LogP contribution < -0.4 is 5.32 Å². The van der Waals surface area contributed by atoms with Gasteiger partial charge in [0.25, 0.3) is 5.91 Å². The zero-order chi connectivity index (χ0) is 15.4. The number of aliphatic hydroxyl groups is 1. The highest BCUT2D eigenvalue weighted by atomic mass is 35.5. The molecule has 0 heterocycles. The Morgan fingerprint density at radius 2 is 1.86 bits per heavy atom. The number of hydrogen-bond acceptors (Lipinski definition) is 3. The van der Waals surface area contributed by atoms with E-state index in [9.17, 15) is 15.0 Å². The van der Waals surface area contributed by atoms with Gasteiger partial charge in [0, 0.05) is 22.7 Å². The molecular weight excluding hydrogens is 313 g/mol. The van der Waals surface area contributed by atoms with Gasteiger partial charge < -0.3 is 15.5 Å². The van der Waals surface area contributed by atoms with Crippen molar-refractivity contribution in [1.29, 1.82) is 0 Å². The number of carbonyl (C=O) groups is 1. The number of aliphatic hydroxyl groups excluding tert-OH is 1. The summed E-state index contributed by atoms with van der Waals surface area (Å²) in [7, 11) is 0. The lowest BCUT2D eigenvalue weighted by molar-refractivity contribution is 0.0916. The number of carbonyl (C=O) groups excluding carboxylic acids is 1. The summed E-state index contributed by atoms with van der Waals surface area (Å²) < 4.78 is 0. The van der Waals surface area contributed by atoms with Crippen molar-refractivity contribution in [2.24, 2.45) is 0 Å². The third-order valence-corrected chi connectivity index (χ3v) is 3.58. The van der Waals surface area contributed by atoms with Crippen LogP contribution in [0.5, 0.6) is 5.75 Å². The zero-order valence-electron chi connectivity index (χ0n) is 10.9. The van der Waals surface area contributed by atoms with Gasteiger partial charge in [0.05, 0.1) is 11.1 Å². The van der Waals surface area contributed by atoms with Crippen LogP contribution in [0, 0.1) is 0 Å². The molecule has 0 aliphatic heterocycles. The molecule has 6 heteroatoms. The molecule has 3 N–H and O–H groups in total. The Kier molecular flexibility index (Phi) is 5.07. The number of phenolic OH excluding ortho intramolecular Hbond substituents is 1. The quantitative estimate of drug-likeness (QED) is 0.808. The average molecular weight is 326 g/mol. The van der Waals surface area contributed by atoms with Crippen molar-refractivity contribution in [2.45, 2.75) is 6.10 Å². The van der Waals surface area contributed by atoms with Crippen molar-refractivity contribution < 1.29 is 15.0 Å². The normalized spacial score (nSPS) is 12.0. The summed E-state index contributed by atoms with van der Waals surface area (Å²) in [5, 5.41) is 22.4. The molecule has 2 aromatic carbocycles. The Balaban J connectivity index is 2.01. The largest absolute Gasteiger partial charge is 0.506 e. The summed E-state index contributed by atoms with van der Waals surface area (Å²) in [6.07, 6.45) is -0.907. The van der Waals surface area contributed by atoms with Crippen LogP contribution in [0.2, 0.25) is 10.0 Å². The molecule has 4 nitrogen and oxygen atoms in total. The molecule has 0 aliphatic rings. The highest BCUT2D eigenvalue weighted by molar-refractivity contribution is 6.32. The summed E-state index contributed by atoms with van der Waals surface area (Å²) in [5.74, 6) is -0.493. The van der Waals surface area contributed by atoms with Crippen LogP contribution in [0.1, 0.15) is 22.0 Å². The lowest BCUT2D eigenvalue weighted by Crippen LogP contribution is -2.28. The second kappa shape index (κ2) is 6.80. The number of hydrogen-bond donors (Lipinski definition) is 3. The molecule has 1 atom stereocenters. The minimum Gasteiger partial charge on any atom is -0.506 e. The summed E-state index contributed by atoms with van der Waals surface area (Å²) >= 11 is 11.7. The predicted octanol–water partition coefficient (Wildman–Crippen LogP) is 3.16. The van der Waals surface area contributed by atoms with Gasteiger partial charge in [0.2, 0.25) is 0 Å². The Hall–Kier alpha value is -1.75. The first kappa shape index (κ1) is 15.6. The lowest BCUT2D eigenvalue weighted by atomic mass is 10.1. The Morgan fingerprint density at radius 1 is 1.14 bits per heavy atom. The second-order valence-electron chi connectivity index (χ2n) is 4.41. The zero-order valence-corrected chi connectivity index (χ0v) is 12.4. The maximum absolute atomic E-state index is 11.9. The molecule has 0 radical (unpaired) electrons. The minimum absolute atomic E-state index is 0.0149. The molecule has 1 amide bonds. The molecule has 0 spiro atoms. The monoisotopic (exact) mass is 325 g/mol. The number of nitrogens with one attached hydrogen (secondary N) is 1. The van der Waals surface area contributed by atoms with Crippen LogP contribution in [-0.2, 0) is 0 Å². The summed E-state index contributed by atoms with van der Waals surface area (Å²) in [6.45, 7) is 0.0149. The van der Waals surface area contributed by atoms with E-state index in [0.29, 0.717) is 16.1 Å². The van der Waals surface area contributed by atoms with Crippen LogP contribution in [-0.4, -0.2) is 22.7 Å². The predicted molar refractivity (Wildman–Crippen MR) is 81.9 cm³/mol. The standard InChI is InChI=1S/C15H13Cl2NO3/c16-11-4-2-1-3-10(11)14(20)8-18-15(21)9-5-6-13(19)12(17)7-9/h1-7,14,19-20H,8H2,(H,18,21). The van der Waals surface area contributed by atoms with Crippen LogP contribution in [0.25, 0.3) is 0 Å². The number of aromatic hydroxyl groups is 1. The van der Waals surface area contributed by atoms with Crippen molar-refractivity contribution in [3.63, 3.8) is 0 Å². The van der Waals surface area contributed by atoms with E-state index in [1.807, 2.05) is 0 Å². The van der Waals surface area contributed by atoms with Crippen LogP contribution in [0.15, 0.2) is 42.5 Å². The molecule has 110 valence electrons. The molecule has 0 saturated heterocycles. The van der Waals surface area contributed by atoms with E-state index < -0.39 is 12.0 Å². The molecule has 2 aromatic rings. The highest BCUT2D eigenvalue weighted by Gasteiger charge is 2.14. The van der Waals surface area contributed by atoms with Gasteiger partial charge >= 0.3 is 0 Å². The van der Waals surface area contributed by atoms with E-state index >= 15 is 0 Å². The van der Waals surface area contributed by atoms with Gasteiger partial charge in [-0.1, -0.05) is 41.4 Å². The van der Waals surface area contributed by atoms with E-state index in [2.05, 4.69) is 5.32 Å². The summed E-state index contributed by atoms with van der Waals surface area (Å²) in [4.78, 5) is 11.9. The van der Waals surface area contributed by atoms with Gasteiger partial charge in [0.1, 0.15) is 5.75 Å². The van der Waals surface area contributed by atoms with E-state index in [0.717, 1.165) is 0 Å². The van der Waals surface area contributed by atoms with Crippen molar-refractivity contribution in [3.05, 3.63) is 63.6 Å².